The van der Waals surface area contributed by atoms with Crippen LogP contribution in [0.4, 0.5) is 4.39 Å². The molecule has 9 heteroatoms. The summed E-state index contributed by atoms with van der Waals surface area (Å²) in [6, 6.07) is 3.98. The van der Waals surface area contributed by atoms with Crippen molar-refractivity contribution in [3.05, 3.63) is 40.7 Å². The van der Waals surface area contributed by atoms with Gasteiger partial charge in [0.15, 0.2) is 6.61 Å². The summed E-state index contributed by atoms with van der Waals surface area (Å²) < 4.78 is 18.8. The Balaban J connectivity index is 1.33. The molecule has 2 bridgehead atoms. The van der Waals surface area contributed by atoms with E-state index < -0.39 is 23.0 Å². The number of hydrogen-bond donors (Lipinski definition) is 3. The summed E-state index contributed by atoms with van der Waals surface area (Å²) in [6.45, 7) is -0.288. The van der Waals surface area contributed by atoms with Crippen molar-refractivity contribution >= 4 is 35.2 Å². The maximum absolute atomic E-state index is 13.5. The minimum absolute atomic E-state index is 0.0169. The van der Waals surface area contributed by atoms with Gasteiger partial charge in [-0.05, 0) is 44.2 Å². The van der Waals surface area contributed by atoms with E-state index in [0.29, 0.717) is 32.1 Å². The van der Waals surface area contributed by atoms with Crippen LogP contribution in [0.1, 0.15) is 32.1 Å². The first-order valence-corrected chi connectivity index (χ1v) is 11.5. The summed E-state index contributed by atoms with van der Waals surface area (Å²) in [5.41, 5.74) is -0.343. The number of benzene rings is 1. The van der Waals surface area contributed by atoms with Gasteiger partial charge >= 0.3 is 0 Å². The number of aliphatic hydroxyl groups is 1. The number of ether oxygens (including phenoxy) is 1. The largest absolute Gasteiger partial charge is 0.484 e. The molecule has 4 aliphatic rings. The molecule has 1 aromatic carbocycles. The molecule has 0 spiro atoms. The number of halogens is 2. The molecule has 1 unspecified atom stereocenters. The Labute approximate surface area is 183 Å². The Morgan fingerprint density at radius 2 is 2.03 bits per heavy atom. The predicted molar refractivity (Wildman–Crippen MR) is 113 cm³/mol. The van der Waals surface area contributed by atoms with E-state index in [1.54, 1.807) is 11.8 Å². The molecular formula is C21H24ClFN2O4S. The molecule has 162 valence electrons. The zero-order chi connectivity index (χ0) is 21.4. The number of carbonyl (C=O) groups excluding carboxylic acids is 2. The average molecular weight is 455 g/mol. The van der Waals surface area contributed by atoms with E-state index in [0.717, 1.165) is 23.1 Å². The quantitative estimate of drug-likeness (QED) is 0.615. The zero-order valence-electron chi connectivity index (χ0n) is 16.4. The second-order valence-electron chi connectivity index (χ2n) is 8.27. The fourth-order valence-electron chi connectivity index (χ4n) is 4.56. The summed E-state index contributed by atoms with van der Waals surface area (Å²) in [4.78, 5) is 25.0. The van der Waals surface area contributed by atoms with Crippen LogP contribution in [0.15, 0.2) is 29.8 Å². The van der Waals surface area contributed by atoms with Crippen molar-refractivity contribution in [2.24, 2.45) is 0 Å². The fraction of sp³-hybridized carbons (Fsp3) is 0.524. The van der Waals surface area contributed by atoms with Gasteiger partial charge in [0, 0.05) is 28.7 Å². The van der Waals surface area contributed by atoms with Gasteiger partial charge in [0.25, 0.3) is 5.91 Å². The van der Waals surface area contributed by atoms with Gasteiger partial charge in [0.1, 0.15) is 11.6 Å². The van der Waals surface area contributed by atoms with E-state index >= 15 is 0 Å². The SMILES string of the molecule is O=C(COc1ccc(Cl)c(F)c1)NC12CCC(NC(=O)C3=CCSC3)(CC1)CC2O. The van der Waals surface area contributed by atoms with Crippen LogP contribution >= 0.6 is 23.4 Å². The summed E-state index contributed by atoms with van der Waals surface area (Å²) in [6.07, 6.45) is 4.13. The van der Waals surface area contributed by atoms with Gasteiger partial charge in [-0.1, -0.05) is 17.7 Å². The van der Waals surface area contributed by atoms with Crippen LogP contribution < -0.4 is 15.4 Å². The highest BCUT2D eigenvalue weighted by Gasteiger charge is 2.55. The zero-order valence-corrected chi connectivity index (χ0v) is 18.0. The van der Waals surface area contributed by atoms with Gasteiger partial charge in [-0.2, -0.15) is 11.8 Å². The Morgan fingerprint density at radius 1 is 1.27 bits per heavy atom. The molecule has 2 amide bonds. The second kappa shape index (κ2) is 8.40. The molecule has 3 aliphatic carbocycles. The Bertz CT molecular complexity index is 886. The Morgan fingerprint density at radius 3 is 2.67 bits per heavy atom. The van der Waals surface area contributed by atoms with Crippen molar-refractivity contribution in [2.45, 2.75) is 49.3 Å². The van der Waals surface area contributed by atoms with Crippen molar-refractivity contribution < 1.29 is 23.8 Å². The molecule has 3 saturated carbocycles. The maximum atomic E-state index is 13.5. The van der Waals surface area contributed by atoms with Crippen LogP contribution in [-0.4, -0.2) is 52.2 Å². The first-order valence-electron chi connectivity index (χ1n) is 9.97. The third-order valence-corrected chi connectivity index (χ3v) is 7.57. The minimum atomic E-state index is -0.760. The average Bonchev–Trinajstić information content (AvgIpc) is 3.25. The van der Waals surface area contributed by atoms with E-state index in [4.69, 9.17) is 16.3 Å². The number of aliphatic hydroxyl groups excluding tert-OH is 1. The molecule has 5 rings (SSSR count). The lowest BCUT2D eigenvalue weighted by Crippen LogP contribution is -2.70. The number of carbonyl (C=O) groups is 2. The van der Waals surface area contributed by atoms with E-state index in [1.807, 2.05) is 6.08 Å². The van der Waals surface area contributed by atoms with Crippen molar-refractivity contribution in [3.8, 4) is 5.75 Å². The first kappa shape index (κ1) is 21.5. The molecule has 0 saturated heterocycles. The molecule has 0 radical (unpaired) electrons. The molecule has 3 N–H and O–H groups in total. The van der Waals surface area contributed by atoms with Crippen LogP contribution in [-0.2, 0) is 9.59 Å². The number of fused-ring (bicyclic) bond motifs is 3. The lowest BCUT2D eigenvalue weighted by molar-refractivity contribution is -0.135. The molecule has 30 heavy (non-hydrogen) atoms. The Hall–Kier alpha value is -1.77. The van der Waals surface area contributed by atoms with Crippen molar-refractivity contribution in [1.82, 2.24) is 10.6 Å². The molecule has 3 fully saturated rings. The van der Waals surface area contributed by atoms with Gasteiger partial charge in [-0.15, -0.1) is 0 Å². The maximum Gasteiger partial charge on any atom is 0.258 e. The molecule has 1 aliphatic heterocycles. The van der Waals surface area contributed by atoms with Gasteiger partial charge in [0.2, 0.25) is 5.91 Å². The first-order chi connectivity index (χ1) is 14.3. The van der Waals surface area contributed by atoms with E-state index in [-0.39, 0.29) is 29.2 Å². The molecule has 1 atom stereocenters. The van der Waals surface area contributed by atoms with Crippen molar-refractivity contribution in [2.75, 3.05) is 18.1 Å². The predicted octanol–water partition coefficient (Wildman–Crippen LogP) is 2.58. The monoisotopic (exact) mass is 454 g/mol. The normalized spacial score (nSPS) is 30.0. The number of amides is 2. The fourth-order valence-corrected chi connectivity index (χ4v) is 5.58. The number of thioether (sulfide) groups is 1. The smallest absolute Gasteiger partial charge is 0.258 e. The van der Waals surface area contributed by atoms with Crippen LogP contribution in [0.5, 0.6) is 5.75 Å². The highest BCUT2D eigenvalue weighted by molar-refractivity contribution is 7.99. The summed E-state index contributed by atoms with van der Waals surface area (Å²) in [5.74, 6) is 0.748. The molecular weight excluding hydrogens is 431 g/mol. The van der Waals surface area contributed by atoms with Crippen LogP contribution in [0, 0.1) is 5.82 Å². The lowest BCUT2D eigenvalue weighted by atomic mass is 9.60. The molecule has 1 aromatic rings. The van der Waals surface area contributed by atoms with Crippen molar-refractivity contribution in [3.63, 3.8) is 0 Å². The van der Waals surface area contributed by atoms with E-state index in [1.165, 1.54) is 12.1 Å². The van der Waals surface area contributed by atoms with Gasteiger partial charge in [-0.3, -0.25) is 9.59 Å². The van der Waals surface area contributed by atoms with Gasteiger partial charge in [-0.25, -0.2) is 4.39 Å². The number of nitrogens with one attached hydrogen (secondary N) is 2. The summed E-state index contributed by atoms with van der Waals surface area (Å²) in [5, 5.41) is 16.9. The molecule has 6 nitrogen and oxygen atoms in total. The Kier molecular flexibility index (Phi) is 6.01. The van der Waals surface area contributed by atoms with Crippen LogP contribution in [0.2, 0.25) is 5.02 Å². The summed E-state index contributed by atoms with van der Waals surface area (Å²) in [7, 11) is 0. The standard InChI is InChI=1S/C21H24ClFN2O4S/c22-15-2-1-14(9-16(15)23)29-11-18(27)24-21-6-4-20(5-7-21,10-17(21)26)25-19(28)13-3-8-30-12-13/h1-3,9,17,26H,4-8,10-12H2,(H,24,27)(H,25,28). The summed E-state index contributed by atoms with van der Waals surface area (Å²) >= 11 is 7.35. The third kappa shape index (κ3) is 4.31. The van der Waals surface area contributed by atoms with Gasteiger partial charge in [0.05, 0.1) is 16.7 Å². The van der Waals surface area contributed by atoms with E-state index in [2.05, 4.69) is 10.6 Å². The van der Waals surface area contributed by atoms with Gasteiger partial charge < -0.3 is 20.5 Å². The lowest BCUT2D eigenvalue weighted by Gasteiger charge is -2.56. The minimum Gasteiger partial charge on any atom is -0.484 e. The highest BCUT2D eigenvalue weighted by atomic mass is 35.5. The third-order valence-electron chi connectivity index (χ3n) is 6.35. The van der Waals surface area contributed by atoms with E-state index in [9.17, 15) is 19.1 Å². The second-order valence-corrected chi connectivity index (χ2v) is 9.71. The van der Waals surface area contributed by atoms with Crippen LogP contribution in [0.25, 0.3) is 0 Å². The van der Waals surface area contributed by atoms with Crippen LogP contribution in [0.3, 0.4) is 0 Å². The topological polar surface area (TPSA) is 87.7 Å². The number of rotatable bonds is 6. The number of hydrogen-bond acceptors (Lipinski definition) is 5. The molecule has 0 aromatic heterocycles. The van der Waals surface area contributed by atoms with Crippen molar-refractivity contribution in [1.29, 1.82) is 0 Å². The highest BCUT2D eigenvalue weighted by Crippen LogP contribution is 2.47. The molecule has 1 heterocycles.